The van der Waals surface area contributed by atoms with E-state index in [2.05, 4.69) is 58.4 Å². The van der Waals surface area contributed by atoms with Gasteiger partial charge >= 0.3 is 23.9 Å². The predicted molar refractivity (Wildman–Crippen MR) is 387 cm³/mol. The lowest BCUT2D eigenvalue weighted by atomic mass is 9.93. The number of amides is 2. The molecule has 0 unspecified atom stereocenters. The highest BCUT2D eigenvalue weighted by Gasteiger charge is 2.48. The van der Waals surface area contributed by atoms with Crippen molar-refractivity contribution in [2.24, 2.45) is 5.73 Å². The molecule has 0 radical (unpaired) electrons. The molecule has 12 rings (SSSR count). The average Bonchev–Trinajstić information content (AvgIpc) is 1.66. The van der Waals surface area contributed by atoms with E-state index >= 15 is 0 Å². The Morgan fingerprint density at radius 2 is 0.684 bits per heavy atom. The number of nitrogens with one attached hydrogen (secondary N) is 2. The normalized spacial score (nSPS) is 13.5. The van der Waals surface area contributed by atoms with Crippen LogP contribution in [0.1, 0.15) is 134 Å². The van der Waals surface area contributed by atoms with Gasteiger partial charge in [0.1, 0.15) is 16.6 Å². The van der Waals surface area contributed by atoms with Gasteiger partial charge in [0, 0.05) is 63.1 Å². The molecule has 0 spiro atoms. The van der Waals surface area contributed by atoms with Crippen molar-refractivity contribution in [2.75, 3.05) is 13.2 Å². The third-order valence-electron chi connectivity index (χ3n) is 16.4. The second-order valence-corrected chi connectivity index (χ2v) is 25.8. The molecule has 13 nitrogen and oxygen atoms in total. The number of rotatable bonds is 16. The molecule has 3 aliphatic rings. The number of benzene rings is 9. The molecule has 6 N–H and O–H groups in total. The van der Waals surface area contributed by atoms with E-state index in [0.717, 1.165) is 80.2 Å². The van der Waals surface area contributed by atoms with Crippen LogP contribution in [0.5, 0.6) is 0 Å². The Kier molecular flexibility index (Phi) is 27.4. The fraction of sp³-hybridized carbons (Fsp3) is 0.241. The SMILES string of the molecule is C.C.C.CCOC(=O)C1(N)Cc2ccccc2C1.CCOC(=O)C1(NC(=O)c2ccc(Br)cc2Cc2ccccc2)Cc2ccccc2C1.O=C(NC1(C(=O)O)Cc2ccccc2C1)c1ccc(Br)cc1Cc1ccccc1.O=C(O)c1ccc(Br)cc1Cc1ccccc1. The van der Waals surface area contributed by atoms with Gasteiger partial charge in [0.25, 0.3) is 11.8 Å². The molecule has 9 aromatic carbocycles. The third-order valence-corrected chi connectivity index (χ3v) is 17.9. The van der Waals surface area contributed by atoms with E-state index in [9.17, 15) is 33.9 Å². The number of aromatic carboxylic acids is 1. The average molecular weight is 1470 g/mol. The number of esters is 2. The summed E-state index contributed by atoms with van der Waals surface area (Å²) in [5.74, 6) is -3.20. The molecule has 3 aliphatic carbocycles. The van der Waals surface area contributed by atoms with Gasteiger partial charge in [-0.25, -0.2) is 14.4 Å². The van der Waals surface area contributed by atoms with Crippen LogP contribution in [0.2, 0.25) is 0 Å². The minimum atomic E-state index is -1.32. The van der Waals surface area contributed by atoms with Gasteiger partial charge in [-0.2, -0.15) is 0 Å². The predicted octanol–water partition coefficient (Wildman–Crippen LogP) is 16.0. The zero-order chi connectivity index (χ0) is 65.4. The lowest BCUT2D eigenvalue weighted by Crippen LogP contribution is -2.56. The summed E-state index contributed by atoms with van der Waals surface area (Å²) in [6, 6.07) is 69.6. The minimum Gasteiger partial charge on any atom is -0.479 e. The van der Waals surface area contributed by atoms with Crippen LogP contribution >= 0.6 is 47.8 Å². The van der Waals surface area contributed by atoms with Crippen LogP contribution in [-0.4, -0.2) is 75.7 Å². The van der Waals surface area contributed by atoms with Gasteiger partial charge in [0.05, 0.1) is 18.8 Å². The minimum absolute atomic E-state index is 0. The van der Waals surface area contributed by atoms with Gasteiger partial charge in [0.15, 0.2) is 0 Å². The van der Waals surface area contributed by atoms with Crippen LogP contribution in [0.25, 0.3) is 0 Å². The first-order valence-corrected chi connectivity index (χ1v) is 32.6. The molecule has 0 saturated heterocycles. The summed E-state index contributed by atoms with van der Waals surface area (Å²) in [5.41, 5.74) is 16.5. The Bertz CT molecular complexity index is 4050. The van der Waals surface area contributed by atoms with Gasteiger partial charge in [-0.1, -0.05) is 234 Å². The Morgan fingerprint density at radius 1 is 0.400 bits per heavy atom. The Hall–Kier alpha value is -8.80. The standard InChI is InChI=1S/C26H24BrNO3.C24H20BrNO3.C14H11BrO2.C12H15NO2.3CH4/c1-2-31-25(30)26(16-19-10-6-7-11-20(19)17-26)28-24(29)23-13-12-22(27)15-21(23)14-18-8-4-3-5-9-18;25-20-10-11-21(19(13-20)12-16-6-2-1-3-7-16)22(27)26-24(23(28)29)14-17-8-4-5-9-18(17)15-24;15-12-6-7-13(14(16)17)11(9-12)8-10-4-2-1-3-5-10;1-2-15-11(14)12(13)7-9-5-3-4-6-10(9)8-12;;;/h3-13,15H,2,14,16-17H2,1H3,(H,28,29);1-11,13H,12,14-15H2,(H,26,27)(H,28,29);1-7,9H,8H2,(H,16,17);3-6H,2,7-8,13H2,1H3;3*1H4. The van der Waals surface area contributed by atoms with Crippen molar-refractivity contribution in [3.8, 4) is 0 Å². The molecule has 0 saturated carbocycles. The second kappa shape index (κ2) is 34.6. The largest absolute Gasteiger partial charge is 0.479 e. The van der Waals surface area contributed by atoms with Crippen LogP contribution in [0.4, 0.5) is 0 Å². The summed E-state index contributed by atoms with van der Waals surface area (Å²) in [4.78, 5) is 74.6. The van der Waals surface area contributed by atoms with Gasteiger partial charge in [-0.3, -0.25) is 14.4 Å². The number of halogens is 3. The van der Waals surface area contributed by atoms with E-state index in [-0.39, 0.29) is 65.5 Å². The zero-order valence-electron chi connectivity index (χ0n) is 50.9. The van der Waals surface area contributed by atoms with Crippen molar-refractivity contribution in [3.63, 3.8) is 0 Å². The van der Waals surface area contributed by atoms with Crippen LogP contribution in [0.3, 0.4) is 0 Å². The zero-order valence-corrected chi connectivity index (χ0v) is 55.7. The van der Waals surface area contributed by atoms with Crippen molar-refractivity contribution in [1.82, 2.24) is 10.6 Å². The quantitative estimate of drug-likeness (QED) is 0.0574. The molecule has 0 aromatic heterocycles. The van der Waals surface area contributed by atoms with Crippen molar-refractivity contribution in [2.45, 2.75) is 111 Å². The molecule has 9 aromatic rings. The molecule has 0 aliphatic heterocycles. The molecule has 16 heteroatoms. The highest BCUT2D eigenvalue weighted by molar-refractivity contribution is 9.11. The molecular formula is C79H82Br3N3O10. The number of hydrogen-bond acceptors (Lipinski definition) is 9. The molecule has 494 valence electrons. The third kappa shape index (κ3) is 19.2. The number of aliphatic carboxylic acids is 1. The Morgan fingerprint density at radius 3 is 1.01 bits per heavy atom. The van der Waals surface area contributed by atoms with Crippen molar-refractivity contribution in [3.05, 3.63) is 315 Å². The summed E-state index contributed by atoms with van der Waals surface area (Å²) in [6.07, 6.45) is 4.44. The van der Waals surface area contributed by atoms with Crippen molar-refractivity contribution < 1.29 is 48.5 Å². The fourth-order valence-electron chi connectivity index (χ4n) is 11.9. The number of hydrogen-bond donors (Lipinski definition) is 5. The maximum atomic E-state index is 13.5. The van der Waals surface area contributed by atoms with E-state index in [1.807, 2.05) is 188 Å². The number of fused-ring (bicyclic) bond motifs is 3. The number of nitrogens with two attached hydrogens (primary N) is 1. The van der Waals surface area contributed by atoms with E-state index in [0.29, 0.717) is 68.2 Å². The van der Waals surface area contributed by atoms with E-state index in [1.54, 1.807) is 44.2 Å². The van der Waals surface area contributed by atoms with E-state index < -0.39 is 28.6 Å². The van der Waals surface area contributed by atoms with Crippen LogP contribution in [-0.2, 0) is 81.6 Å². The number of carboxylic acids is 2. The molecule has 95 heavy (non-hydrogen) atoms. The lowest BCUT2D eigenvalue weighted by Gasteiger charge is -2.28. The Labute approximate surface area is 583 Å². The summed E-state index contributed by atoms with van der Waals surface area (Å²) < 4.78 is 13.1. The van der Waals surface area contributed by atoms with E-state index in [4.69, 9.17) is 20.3 Å². The van der Waals surface area contributed by atoms with Crippen LogP contribution in [0, 0.1) is 0 Å². The summed E-state index contributed by atoms with van der Waals surface area (Å²) in [6.45, 7) is 4.23. The summed E-state index contributed by atoms with van der Waals surface area (Å²) >= 11 is 10.4. The topological polar surface area (TPSA) is 211 Å². The number of ether oxygens (including phenoxy) is 2. The van der Waals surface area contributed by atoms with Gasteiger partial charge < -0.3 is 36.1 Å². The fourth-order valence-corrected chi connectivity index (χ4v) is 13.2. The summed E-state index contributed by atoms with van der Waals surface area (Å²) in [5, 5.41) is 25.0. The maximum Gasteiger partial charge on any atom is 0.335 e. The first-order chi connectivity index (χ1) is 44.3. The smallest absolute Gasteiger partial charge is 0.335 e. The highest BCUT2D eigenvalue weighted by atomic mass is 79.9. The number of carboxylic acid groups (broad SMARTS) is 2. The van der Waals surface area contributed by atoms with Gasteiger partial charge in [0.2, 0.25) is 0 Å². The van der Waals surface area contributed by atoms with Crippen molar-refractivity contribution in [1.29, 1.82) is 0 Å². The monoisotopic (exact) mass is 1470 g/mol. The van der Waals surface area contributed by atoms with Gasteiger partial charge in [-0.05, 0) is 154 Å². The van der Waals surface area contributed by atoms with Gasteiger partial charge in [-0.15, -0.1) is 0 Å². The Balaban J connectivity index is 0.000000207. The molecular weight excluding hydrogens is 1390 g/mol. The van der Waals surface area contributed by atoms with Crippen molar-refractivity contribution >= 4 is 83.5 Å². The highest BCUT2D eigenvalue weighted by Crippen LogP contribution is 2.35. The molecule has 0 heterocycles. The number of carbonyl (C=O) groups is 6. The lowest BCUT2D eigenvalue weighted by molar-refractivity contribution is -0.150. The second-order valence-electron chi connectivity index (χ2n) is 23.0. The van der Waals surface area contributed by atoms with Crippen LogP contribution in [0.15, 0.2) is 232 Å². The molecule has 2 amide bonds. The molecule has 0 bridgehead atoms. The molecule has 0 atom stereocenters. The first kappa shape index (κ1) is 75.2. The van der Waals surface area contributed by atoms with E-state index in [1.165, 1.54) is 0 Å². The number of carbonyl (C=O) groups excluding carboxylic acids is 4. The van der Waals surface area contributed by atoms with Crippen LogP contribution < -0.4 is 16.4 Å². The molecule has 0 fully saturated rings. The maximum absolute atomic E-state index is 13.5. The first-order valence-electron chi connectivity index (χ1n) is 30.2. The summed E-state index contributed by atoms with van der Waals surface area (Å²) in [7, 11) is 0.